The third kappa shape index (κ3) is 1.92. The van der Waals surface area contributed by atoms with E-state index in [0.29, 0.717) is 5.82 Å². The van der Waals surface area contributed by atoms with Gasteiger partial charge in [-0.3, -0.25) is 0 Å². The number of rotatable bonds is 1. The molecule has 2 heterocycles. The Kier molecular flexibility index (Phi) is 2.37. The largest absolute Gasteiger partial charge is 0.383 e. The highest BCUT2D eigenvalue weighted by atomic mass is 32.1. The van der Waals surface area contributed by atoms with E-state index in [-0.39, 0.29) is 0 Å². The fourth-order valence-corrected chi connectivity index (χ4v) is 2.19. The molecule has 2 rings (SSSR count). The molecule has 0 aliphatic carbocycles. The highest BCUT2D eigenvalue weighted by molar-refractivity contribution is 7.14. The molecule has 1 aromatic rings. The molecule has 2 N–H and O–H groups in total. The molecular weight excluding hydrogens is 184 g/mol. The minimum Gasteiger partial charge on any atom is -0.383 e. The lowest BCUT2D eigenvalue weighted by atomic mass is 10.3. The molecule has 0 aromatic carbocycles. The normalized spacial score (nSPS) is 19.3. The maximum atomic E-state index is 5.57. The lowest BCUT2D eigenvalue weighted by Gasteiger charge is -2.31. The molecule has 13 heavy (non-hydrogen) atoms. The first-order valence-corrected chi connectivity index (χ1v) is 5.28. The molecule has 0 radical (unpaired) electrons. The number of hydrogen-bond donors (Lipinski definition) is 1. The monoisotopic (exact) mass is 198 g/mol. The van der Waals surface area contributed by atoms with Gasteiger partial charge in [0.2, 0.25) is 0 Å². The van der Waals surface area contributed by atoms with Crippen molar-refractivity contribution < 1.29 is 0 Å². The predicted molar refractivity (Wildman–Crippen MR) is 56.2 cm³/mol. The number of thiazole rings is 1. The van der Waals surface area contributed by atoms with E-state index >= 15 is 0 Å². The van der Waals surface area contributed by atoms with Gasteiger partial charge < -0.3 is 15.5 Å². The topological polar surface area (TPSA) is 45.4 Å². The minimum atomic E-state index is 0.638. The van der Waals surface area contributed by atoms with Crippen molar-refractivity contribution in [2.75, 3.05) is 43.9 Å². The molecule has 0 amide bonds. The first-order chi connectivity index (χ1) is 6.25. The van der Waals surface area contributed by atoms with Crippen molar-refractivity contribution in [3.63, 3.8) is 0 Å². The molecule has 1 aromatic heterocycles. The standard InChI is InChI=1S/C8H14N4S/c1-11-2-4-12(5-3-11)8-10-7(9)6-13-8/h6H,2-5,9H2,1H3. The minimum absolute atomic E-state index is 0.638. The van der Waals surface area contributed by atoms with Crippen LogP contribution in [0, 0.1) is 0 Å². The zero-order chi connectivity index (χ0) is 9.26. The molecule has 0 spiro atoms. The summed E-state index contributed by atoms with van der Waals surface area (Å²) in [6.45, 7) is 4.34. The van der Waals surface area contributed by atoms with Crippen molar-refractivity contribution in [2.45, 2.75) is 0 Å². The first kappa shape index (κ1) is 8.77. The van der Waals surface area contributed by atoms with Crippen molar-refractivity contribution in [2.24, 2.45) is 0 Å². The summed E-state index contributed by atoms with van der Waals surface area (Å²) in [4.78, 5) is 8.88. The molecule has 0 saturated carbocycles. The highest BCUT2D eigenvalue weighted by Crippen LogP contribution is 2.22. The SMILES string of the molecule is CN1CCN(c2nc(N)cs2)CC1. The lowest BCUT2D eigenvalue weighted by molar-refractivity contribution is 0.313. The van der Waals surface area contributed by atoms with Gasteiger partial charge in [-0.25, -0.2) is 4.98 Å². The van der Waals surface area contributed by atoms with Crippen LogP contribution in [0.25, 0.3) is 0 Å². The van der Waals surface area contributed by atoms with Gasteiger partial charge in [-0.05, 0) is 7.05 Å². The third-order valence-electron chi connectivity index (χ3n) is 2.28. The van der Waals surface area contributed by atoms with E-state index in [2.05, 4.69) is 21.8 Å². The second-order valence-electron chi connectivity index (χ2n) is 3.35. The van der Waals surface area contributed by atoms with Gasteiger partial charge >= 0.3 is 0 Å². The van der Waals surface area contributed by atoms with Crippen LogP contribution in [0.2, 0.25) is 0 Å². The van der Waals surface area contributed by atoms with E-state index in [0.717, 1.165) is 31.3 Å². The second kappa shape index (κ2) is 3.51. The van der Waals surface area contributed by atoms with Crippen molar-refractivity contribution in [3.8, 4) is 0 Å². The number of likely N-dealkylation sites (N-methyl/N-ethyl adjacent to an activating group) is 1. The quantitative estimate of drug-likeness (QED) is 0.713. The van der Waals surface area contributed by atoms with Crippen LogP contribution in [0.15, 0.2) is 5.38 Å². The maximum absolute atomic E-state index is 5.57. The molecule has 0 unspecified atom stereocenters. The molecule has 72 valence electrons. The molecule has 1 saturated heterocycles. The van der Waals surface area contributed by atoms with E-state index in [1.807, 2.05) is 5.38 Å². The average molecular weight is 198 g/mol. The summed E-state index contributed by atoms with van der Waals surface area (Å²) < 4.78 is 0. The van der Waals surface area contributed by atoms with Crippen molar-refractivity contribution in [1.82, 2.24) is 9.88 Å². The smallest absolute Gasteiger partial charge is 0.187 e. The van der Waals surface area contributed by atoms with E-state index in [9.17, 15) is 0 Å². The Balaban J connectivity index is 2.02. The summed E-state index contributed by atoms with van der Waals surface area (Å²) in [6, 6.07) is 0. The molecule has 1 aliphatic rings. The van der Waals surface area contributed by atoms with Gasteiger partial charge in [-0.2, -0.15) is 0 Å². The second-order valence-corrected chi connectivity index (χ2v) is 4.18. The first-order valence-electron chi connectivity index (χ1n) is 4.40. The van der Waals surface area contributed by atoms with Crippen LogP contribution in [-0.2, 0) is 0 Å². The molecular formula is C8H14N4S. The van der Waals surface area contributed by atoms with E-state index in [4.69, 9.17) is 5.73 Å². The van der Waals surface area contributed by atoms with E-state index in [1.54, 1.807) is 11.3 Å². The van der Waals surface area contributed by atoms with Gasteiger partial charge in [0, 0.05) is 31.6 Å². The number of hydrogen-bond acceptors (Lipinski definition) is 5. The van der Waals surface area contributed by atoms with Crippen LogP contribution in [-0.4, -0.2) is 43.1 Å². The van der Waals surface area contributed by atoms with Crippen molar-refractivity contribution >= 4 is 22.3 Å². The van der Waals surface area contributed by atoms with E-state index < -0.39 is 0 Å². The van der Waals surface area contributed by atoms with Gasteiger partial charge in [0.05, 0.1) is 0 Å². The number of aromatic nitrogens is 1. The Bertz CT molecular complexity index is 277. The van der Waals surface area contributed by atoms with Crippen molar-refractivity contribution in [1.29, 1.82) is 0 Å². The molecule has 1 fully saturated rings. The van der Waals surface area contributed by atoms with Crippen LogP contribution in [0.1, 0.15) is 0 Å². The highest BCUT2D eigenvalue weighted by Gasteiger charge is 2.16. The number of piperazine rings is 1. The molecule has 4 nitrogen and oxygen atoms in total. The van der Waals surface area contributed by atoms with Crippen LogP contribution < -0.4 is 10.6 Å². The number of nitrogens with zero attached hydrogens (tertiary/aromatic N) is 3. The fourth-order valence-electron chi connectivity index (χ4n) is 1.42. The maximum Gasteiger partial charge on any atom is 0.187 e. The molecule has 1 aliphatic heterocycles. The van der Waals surface area contributed by atoms with Gasteiger partial charge in [0.25, 0.3) is 0 Å². The van der Waals surface area contributed by atoms with Gasteiger partial charge in [-0.1, -0.05) is 0 Å². The zero-order valence-corrected chi connectivity index (χ0v) is 8.55. The van der Waals surface area contributed by atoms with E-state index in [1.165, 1.54) is 0 Å². The Labute approximate surface area is 82.0 Å². The van der Waals surface area contributed by atoms with Crippen LogP contribution in [0.3, 0.4) is 0 Å². The summed E-state index contributed by atoms with van der Waals surface area (Å²) >= 11 is 1.63. The zero-order valence-electron chi connectivity index (χ0n) is 7.73. The lowest BCUT2D eigenvalue weighted by Crippen LogP contribution is -2.44. The third-order valence-corrected chi connectivity index (χ3v) is 3.20. The van der Waals surface area contributed by atoms with Crippen LogP contribution >= 0.6 is 11.3 Å². The summed E-state index contributed by atoms with van der Waals surface area (Å²) in [6.07, 6.45) is 0. The van der Waals surface area contributed by atoms with Gasteiger partial charge in [0.15, 0.2) is 5.13 Å². The Morgan fingerprint density at radius 3 is 2.62 bits per heavy atom. The van der Waals surface area contributed by atoms with Crippen LogP contribution in [0.4, 0.5) is 10.9 Å². The summed E-state index contributed by atoms with van der Waals surface area (Å²) in [5.41, 5.74) is 5.57. The van der Waals surface area contributed by atoms with Gasteiger partial charge in [-0.15, -0.1) is 11.3 Å². The number of anilines is 2. The summed E-state index contributed by atoms with van der Waals surface area (Å²) in [5.74, 6) is 0.638. The Hall–Kier alpha value is -0.810. The Morgan fingerprint density at radius 1 is 1.38 bits per heavy atom. The van der Waals surface area contributed by atoms with Crippen molar-refractivity contribution in [3.05, 3.63) is 5.38 Å². The average Bonchev–Trinajstić information content (AvgIpc) is 2.53. The summed E-state index contributed by atoms with van der Waals surface area (Å²) in [5, 5.41) is 2.96. The van der Waals surface area contributed by atoms with Gasteiger partial charge in [0.1, 0.15) is 5.82 Å². The van der Waals surface area contributed by atoms with Crippen LogP contribution in [0.5, 0.6) is 0 Å². The predicted octanol–water partition coefficient (Wildman–Crippen LogP) is 0.477. The molecule has 5 heteroatoms. The molecule has 0 bridgehead atoms. The fraction of sp³-hybridized carbons (Fsp3) is 0.625. The summed E-state index contributed by atoms with van der Waals surface area (Å²) in [7, 11) is 2.15. The molecule has 0 atom stereocenters. The Morgan fingerprint density at radius 2 is 2.08 bits per heavy atom. The number of nitrogens with two attached hydrogens (primary N) is 1. The number of nitrogen functional groups attached to an aromatic ring is 1.